The highest BCUT2D eigenvalue weighted by Gasteiger charge is 2.36. The average Bonchev–Trinajstić information content (AvgIpc) is 2.62. The number of hydrogen-bond donors (Lipinski definition) is 1. The summed E-state index contributed by atoms with van der Waals surface area (Å²) in [6.45, 7) is 6.66. The van der Waals surface area contributed by atoms with Crippen molar-refractivity contribution in [1.29, 1.82) is 0 Å². The van der Waals surface area contributed by atoms with Crippen molar-refractivity contribution in [3.8, 4) is 0 Å². The van der Waals surface area contributed by atoms with E-state index in [4.69, 9.17) is 0 Å². The second kappa shape index (κ2) is 4.74. The van der Waals surface area contributed by atoms with E-state index in [-0.39, 0.29) is 16.9 Å². The van der Waals surface area contributed by atoms with Gasteiger partial charge in [-0.25, -0.2) is 0 Å². The summed E-state index contributed by atoms with van der Waals surface area (Å²) >= 11 is 0. The first-order valence-electron chi connectivity index (χ1n) is 6.24. The van der Waals surface area contributed by atoms with Crippen LogP contribution in [0.3, 0.4) is 0 Å². The predicted molar refractivity (Wildman–Crippen MR) is 67.4 cm³/mol. The number of hydrogen-bond acceptors (Lipinski definition) is 2. The molecule has 0 atom stereocenters. The number of carbonyl (C=O) groups is 1. The lowest BCUT2D eigenvalue weighted by molar-refractivity contribution is -0.129. The van der Waals surface area contributed by atoms with Gasteiger partial charge in [-0.1, -0.05) is 33.6 Å². The van der Waals surface area contributed by atoms with E-state index in [1.54, 1.807) is 0 Å². The molecule has 0 aromatic carbocycles. The average molecular weight is 226 g/mol. The highest BCUT2D eigenvalue weighted by atomic mass is 16.2. The highest BCUT2D eigenvalue weighted by Crippen LogP contribution is 2.33. The van der Waals surface area contributed by atoms with Crippen molar-refractivity contribution in [1.82, 2.24) is 10.2 Å². The van der Waals surface area contributed by atoms with Gasteiger partial charge in [0.2, 0.25) is 5.91 Å². The van der Waals surface area contributed by atoms with E-state index in [0.717, 1.165) is 6.54 Å². The molecule has 0 bridgehead atoms. The Balaban J connectivity index is 2.55. The van der Waals surface area contributed by atoms with E-state index in [2.05, 4.69) is 24.3 Å². The zero-order chi connectivity index (χ0) is 12.4. The summed E-state index contributed by atoms with van der Waals surface area (Å²) in [5, 5.41) is 3.11. The van der Waals surface area contributed by atoms with E-state index in [1.807, 2.05) is 20.8 Å². The van der Waals surface area contributed by atoms with E-state index < -0.39 is 0 Å². The Labute approximate surface area is 99.6 Å². The first kappa shape index (κ1) is 13.5. The first-order valence-corrected chi connectivity index (χ1v) is 6.24. The molecule has 3 heteroatoms. The molecule has 16 heavy (non-hydrogen) atoms. The van der Waals surface area contributed by atoms with Crippen LogP contribution in [-0.2, 0) is 4.79 Å². The van der Waals surface area contributed by atoms with Crippen LogP contribution in [0.15, 0.2) is 0 Å². The molecule has 94 valence electrons. The van der Waals surface area contributed by atoms with Crippen molar-refractivity contribution < 1.29 is 4.79 Å². The summed E-state index contributed by atoms with van der Waals surface area (Å²) in [6.07, 6.45) is 4.96. The monoisotopic (exact) mass is 226 g/mol. The lowest BCUT2D eigenvalue weighted by Crippen LogP contribution is -2.52. The van der Waals surface area contributed by atoms with Crippen LogP contribution in [-0.4, -0.2) is 37.0 Å². The number of nitrogens with one attached hydrogen (secondary N) is 1. The molecule has 0 heterocycles. The zero-order valence-corrected chi connectivity index (χ0v) is 11.4. The van der Waals surface area contributed by atoms with Gasteiger partial charge in [0, 0.05) is 17.5 Å². The summed E-state index contributed by atoms with van der Waals surface area (Å²) in [5.74, 6) is 0.153. The predicted octanol–water partition coefficient (Wildman–Crippen LogP) is 2.02. The van der Waals surface area contributed by atoms with Crippen LogP contribution in [0.1, 0.15) is 46.5 Å². The third-order valence-corrected chi connectivity index (χ3v) is 3.74. The van der Waals surface area contributed by atoms with Gasteiger partial charge in [0.15, 0.2) is 0 Å². The molecule has 1 fully saturated rings. The van der Waals surface area contributed by atoms with Gasteiger partial charge < -0.3 is 10.2 Å². The molecule has 0 aliphatic heterocycles. The minimum Gasteiger partial charge on any atom is -0.354 e. The normalized spacial score (nSPS) is 20.1. The molecule has 3 nitrogen and oxygen atoms in total. The molecule has 0 radical (unpaired) electrons. The molecule has 1 N–H and O–H groups in total. The number of carbonyl (C=O) groups excluding carboxylic acids is 1. The van der Waals surface area contributed by atoms with Crippen LogP contribution in [0.4, 0.5) is 0 Å². The lowest BCUT2D eigenvalue weighted by atomic mass is 9.92. The molecule has 1 saturated carbocycles. The topological polar surface area (TPSA) is 32.3 Å². The molecule has 0 aromatic heterocycles. The van der Waals surface area contributed by atoms with Gasteiger partial charge in [-0.15, -0.1) is 0 Å². The van der Waals surface area contributed by atoms with Crippen LogP contribution in [0, 0.1) is 5.41 Å². The van der Waals surface area contributed by atoms with E-state index in [1.165, 1.54) is 25.7 Å². The molecule has 1 aliphatic carbocycles. The van der Waals surface area contributed by atoms with Crippen LogP contribution in [0.25, 0.3) is 0 Å². The molecule has 0 saturated heterocycles. The Kier molecular flexibility index (Phi) is 4.00. The summed E-state index contributed by atoms with van der Waals surface area (Å²) < 4.78 is 0. The van der Waals surface area contributed by atoms with Gasteiger partial charge in [0.1, 0.15) is 0 Å². The van der Waals surface area contributed by atoms with Crippen LogP contribution in [0.5, 0.6) is 0 Å². The number of nitrogens with zero attached hydrogens (tertiary/aromatic N) is 1. The third kappa shape index (κ3) is 2.97. The maximum absolute atomic E-state index is 11.9. The molecule has 0 spiro atoms. The van der Waals surface area contributed by atoms with E-state index >= 15 is 0 Å². The van der Waals surface area contributed by atoms with E-state index in [0.29, 0.717) is 0 Å². The highest BCUT2D eigenvalue weighted by molar-refractivity contribution is 5.81. The van der Waals surface area contributed by atoms with Crippen molar-refractivity contribution in [3.63, 3.8) is 0 Å². The quantitative estimate of drug-likeness (QED) is 0.798. The summed E-state index contributed by atoms with van der Waals surface area (Å²) in [5.41, 5.74) is -0.0903. The SMILES string of the molecule is CN(C)C1(CNC(=O)C(C)(C)C)CCCC1. The first-order chi connectivity index (χ1) is 7.28. The fourth-order valence-electron chi connectivity index (χ4n) is 2.33. The van der Waals surface area contributed by atoms with E-state index in [9.17, 15) is 4.79 Å². The second-order valence-electron chi connectivity index (χ2n) is 6.26. The van der Waals surface area contributed by atoms with Crippen molar-refractivity contribution in [2.45, 2.75) is 52.0 Å². The number of amides is 1. The van der Waals surface area contributed by atoms with Crippen molar-refractivity contribution >= 4 is 5.91 Å². The van der Waals surface area contributed by atoms with Crippen LogP contribution >= 0.6 is 0 Å². The van der Waals surface area contributed by atoms with Crippen molar-refractivity contribution in [2.24, 2.45) is 5.41 Å². The minimum atomic E-state index is -0.286. The largest absolute Gasteiger partial charge is 0.354 e. The maximum Gasteiger partial charge on any atom is 0.225 e. The molecule has 1 aliphatic rings. The fourth-order valence-corrected chi connectivity index (χ4v) is 2.33. The third-order valence-electron chi connectivity index (χ3n) is 3.74. The minimum absolute atomic E-state index is 0.153. The lowest BCUT2D eigenvalue weighted by Gasteiger charge is -2.37. The maximum atomic E-state index is 11.9. The van der Waals surface area contributed by atoms with Gasteiger partial charge >= 0.3 is 0 Å². The van der Waals surface area contributed by atoms with Gasteiger partial charge in [-0.2, -0.15) is 0 Å². The summed E-state index contributed by atoms with van der Waals surface area (Å²) in [7, 11) is 4.24. The van der Waals surface area contributed by atoms with Crippen LogP contribution in [0.2, 0.25) is 0 Å². The number of likely N-dealkylation sites (N-methyl/N-ethyl adjacent to an activating group) is 1. The zero-order valence-electron chi connectivity index (χ0n) is 11.4. The Morgan fingerprint density at radius 1 is 1.25 bits per heavy atom. The molecule has 1 rings (SSSR count). The molecular weight excluding hydrogens is 200 g/mol. The van der Waals surface area contributed by atoms with Crippen molar-refractivity contribution in [2.75, 3.05) is 20.6 Å². The van der Waals surface area contributed by atoms with Gasteiger partial charge in [-0.05, 0) is 26.9 Å². The van der Waals surface area contributed by atoms with Crippen molar-refractivity contribution in [3.05, 3.63) is 0 Å². The molecule has 1 amide bonds. The Morgan fingerprint density at radius 3 is 2.12 bits per heavy atom. The summed E-state index contributed by atoms with van der Waals surface area (Å²) in [6, 6.07) is 0. The number of rotatable bonds is 3. The van der Waals surface area contributed by atoms with Gasteiger partial charge in [-0.3, -0.25) is 4.79 Å². The fraction of sp³-hybridized carbons (Fsp3) is 0.923. The Hall–Kier alpha value is -0.570. The molecule has 0 aromatic rings. The van der Waals surface area contributed by atoms with Gasteiger partial charge in [0.05, 0.1) is 0 Å². The Morgan fingerprint density at radius 2 is 1.75 bits per heavy atom. The molecule has 0 unspecified atom stereocenters. The second-order valence-corrected chi connectivity index (χ2v) is 6.26. The van der Waals surface area contributed by atoms with Crippen LogP contribution < -0.4 is 5.32 Å². The summed E-state index contributed by atoms with van der Waals surface area (Å²) in [4.78, 5) is 14.1. The standard InChI is InChI=1S/C13H26N2O/c1-12(2,3)11(16)14-10-13(15(4)5)8-6-7-9-13/h6-10H2,1-5H3,(H,14,16). The Bertz CT molecular complexity index is 247. The van der Waals surface area contributed by atoms with Gasteiger partial charge in [0.25, 0.3) is 0 Å². The smallest absolute Gasteiger partial charge is 0.225 e. The molecular formula is C13H26N2O.